The zero-order chi connectivity index (χ0) is 21.5. The molecule has 5 nitrogen and oxygen atoms in total. The van der Waals surface area contributed by atoms with Gasteiger partial charge in [-0.15, -0.1) is 0 Å². The Bertz CT molecular complexity index is 920. The van der Waals surface area contributed by atoms with Crippen LogP contribution in [-0.4, -0.2) is 35.4 Å². The van der Waals surface area contributed by atoms with E-state index in [1.165, 1.54) is 22.4 Å². The van der Waals surface area contributed by atoms with E-state index in [-0.39, 0.29) is 12.0 Å². The molecule has 0 fully saturated rings. The highest BCUT2D eigenvalue weighted by molar-refractivity contribution is 5.80. The van der Waals surface area contributed by atoms with Crippen molar-refractivity contribution >= 4 is 5.96 Å². The first-order chi connectivity index (χ1) is 14.5. The predicted octanol–water partition coefficient (Wildman–Crippen LogP) is 3.97. The molecule has 158 valence electrons. The standard InChI is InChI=1S/C25H33N5/c1-18(16-23-19(2)29-30(5)20(23)3)28-25(26-4)27-17-24(21-12-8-6-9-13-21)22-14-10-7-11-15-22/h6-15,18,24H,16-17H2,1-5H3,(H2,26,27,28). The Morgan fingerprint density at radius 2 is 1.57 bits per heavy atom. The molecule has 1 heterocycles. The molecule has 0 saturated carbocycles. The van der Waals surface area contributed by atoms with Crippen molar-refractivity contribution in [3.8, 4) is 0 Å². The third kappa shape index (κ3) is 5.29. The maximum Gasteiger partial charge on any atom is 0.191 e. The summed E-state index contributed by atoms with van der Waals surface area (Å²) >= 11 is 0. The Balaban J connectivity index is 1.67. The summed E-state index contributed by atoms with van der Waals surface area (Å²) in [7, 11) is 3.82. The normalized spacial score (nSPS) is 12.8. The smallest absolute Gasteiger partial charge is 0.191 e. The van der Waals surface area contributed by atoms with E-state index in [0.717, 1.165) is 24.6 Å². The van der Waals surface area contributed by atoms with Crippen LogP contribution < -0.4 is 10.6 Å². The van der Waals surface area contributed by atoms with Crippen LogP contribution in [0.2, 0.25) is 0 Å². The van der Waals surface area contributed by atoms with Gasteiger partial charge in [0.1, 0.15) is 0 Å². The molecule has 0 bridgehead atoms. The molecule has 3 aromatic rings. The maximum absolute atomic E-state index is 4.53. The van der Waals surface area contributed by atoms with Crippen LogP contribution in [0.3, 0.4) is 0 Å². The van der Waals surface area contributed by atoms with Crippen molar-refractivity contribution in [1.29, 1.82) is 0 Å². The molecule has 1 aromatic heterocycles. The second kappa shape index (κ2) is 10.1. The van der Waals surface area contributed by atoms with Gasteiger partial charge < -0.3 is 10.6 Å². The number of benzene rings is 2. The molecule has 0 saturated heterocycles. The molecule has 0 spiro atoms. The third-order valence-corrected chi connectivity index (χ3v) is 5.65. The molecule has 0 radical (unpaired) electrons. The zero-order valence-electron chi connectivity index (χ0n) is 18.7. The minimum atomic E-state index is 0.240. The Morgan fingerprint density at radius 1 is 1.00 bits per heavy atom. The number of nitrogens with zero attached hydrogens (tertiary/aromatic N) is 3. The summed E-state index contributed by atoms with van der Waals surface area (Å²) in [6.07, 6.45) is 0.910. The van der Waals surface area contributed by atoms with Crippen LogP contribution >= 0.6 is 0 Å². The summed E-state index contributed by atoms with van der Waals surface area (Å²) in [5.74, 6) is 1.07. The van der Waals surface area contributed by atoms with E-state index in [1.54, 1.807) is 0 Å². The van der Waals surface area contributed by atoms with Crippen molar-refractivity contribution in [3.05, 3.63) is 88.7 Å². The van der Waals surface area contributed by atoms with Crippen LogP contribution in [0.25, 0.3) is 0 Å². The van der Waals surface area contributed by atoms with Crippen LogP contribution in [0.5, 0.6) is 0 Å². The van der Waals surface area contributed by atoms with Crippen LogP contribution in [-0.2, 0) is 13.5 Å². The van der Waals surface area contributed by atoms with E-state index in [1.807, 2.05) is 18.8 Å². The molecule has 3 rings (SSSR count). The topological polar surface area (TPSA) is 54.2 Å². The molecule has 1 atom stereocenters. The lowest BCUT2D eigenvalue weighted by atomic mass is 9.91. The first-order valence-electron chi connectivity index (χ1n) is 10.6. The number of aromatic nitrogens is 2. The number of hydrogen-bond acceptors (Lipinski definition) is 2. The first kappa shape index (κ1) is 21.6. The SMILES string of the molecule is CN=C(NCC(c1ccccc1)c1ccccc1)NC(C)Cc1c(C)nn(C)c1C. The van der Waals surface area contributed by atoms with E-state index in [0.29, 0.717) is 0 Å². The van der Waals surface area contributed by atoms with Crippen LogP contribution in [0.15, 0.2) is 65.7 Å². The summed E-state index contributed by atoms with van der Waals surface area (Å²) in [6, 6.07) is 21.5. The third-order valence-electron chi connectivity index (χ3n) is 5.65. The second-order valence-electron chi connectivity index (χ2n) is 7.85. The molecule has 0 aliphatic heterocycles. The number of guanidine groups is 1. The van der Waals surface area contributed by atoms with Gasteiger partial charge in [0.2, 0.25) is 0 Å². The molecule has 30 heavy (non-hydrogen) atoms. The van der Waals surface area contributed by atoms with Crippen LogP contribution in [0, 0.1) is 13.8 Å². The average Bonchev–Trinajstić information content (AvgIpc) is 3.00. The molecule has 0 amide bonds. The maximum atomic E-state index is 4.53. The fraction of sp³-hybridized carbons (Fsp3) is 0.360. The highest BCUT2D eigenvalue weighted by Gasteiger charge is 2.17. The van der Waals surface area contributed by atoms with Gasteiger partial charge >= 0.3 is 0 Å². The van der Waals surface area contributed by atoms with Crippen LogP contribution in [0.4, 0.5) is 0 Å². The van der Waals surface area contributed by atoms with Crippen molar-refractivity contribution in [2.45, 2.75) is 39.2 Å². The number of hydrogen-bond donors (Lipinski definition) is 2. The Labute approximate surface area is 180 Å². The number of nitrogens with one attached hydrogen (secondary N) is 2. The van der Waals surface area contributed by atoms with Gasteiger partial charge in [0.15, 0.2) is 5.96 Å². The Morgan fingerprint density at radius 3 is 2.03 bits per heavy atom. The van der Waals surface area contributed by atoms with Crippen molar-refractivity contribution in [1.82, 2.24) is 20.4 Å². The summed E-state index contributed by atoms with van der Waals surface area (Å²) in [5.41, 5.74) is 6.21. The molecule has 2 N–H and O–H groups in total. The summed E-state index contributed by atoms with van der Waals surface area (Å²) in [6.45, 7) is 7.15. The summed E-state index contributed by atoms with van der Waals surface area (Å²) in [4.78, 5) is 4.45. The zero-order valence-corrected chi connectivity index (χ0v) is 18.7. The molecule has 0 aliphatic carbocycles. The van der Waals surface area contributed by atoms with E-state index in [2.05, 4.69) is 102 Å². The van der Waals surface area contributed by atoms with Gasteiger partial charge in [-0.05, 0) is 43.9 Å². The average molecular weight is 404 g/mol. The van der Waals surface area contributed by atoms with Gasteiger partial charge in [-0.1, -0.05) is 60.7 Å². The predicted molar refractivity (Wildman–Crippen MR) is 125 cm³/mol. The molecular weight excluding hydrogens is 370 g/mol. The lowest BCUT2D eigenvalue weighted by Crippen LogP contribution is -2.44. The minimum absolute atomic E-state index is 0.240. The lowest BCUT2D eigenvalue weighted by Gasteiger charge is -2.22. The van der Waals surface area contributed by atoms with E-state index >= 15 is 0 Å². The lowest BCUT2D eigenvalue weighted by molar-refractivity contribution is 0.629. The van der Waals surface area contributed by atoms with Gasteiger partial charge in [-0.2, -0.15) is 5.10 Å². The van der Waals surface area contributed by atoms with Gasteiger partial charge in [0.05, 0.1) is 5.69 Å². The van der Waals surface area contributed by atoms with Gasteiger partial charge in [-0.3, -0.25) is 9.67 Å². The largest absolute Gasteiger partial charge is 0.355 e. The fourth-order valence-corrected chi connectivity index (χ4v) is 3.90. The van der Waals surface area contributed by atoms with Crippen molar-refractivity contribution in [2.24, 2.45) is 12.0 Å². The Hall–Kier alpha value is -3.08. The summed E-state index contributed by atoms with van der Waals surface area (Å²) < 4.78 is 1.95. The van der Waals surface area contributed by atoms with Crippen LogP contribution in [0.1, 0.15) is 40.9 Å². The second-order valence-corrected chi connectivity index (χ2v) is 7.85. The molecular formula is C25H33N5. The fourth-order valence-electron chi connectivity index (χ4n) is 3.90. The van der Waals surface area contributed by atoms with Crippen molar-refractivity contribution in [3.63, 3.8) is 0 Å². The van der Waals surface area contributed by atoms with E-state index in [9.17, 15) is 0 Å². The Kier molecular flexibility index (Phi) is 7.28. The number of aryl methyl sites for hydroxylation is 2. The molecule has 1 unspecified atom stereocenters. The first-order valence-corrected chi connectivity index (χ1v) is 10.6. The quantitative estimate of drug-likeness (QED) is 0.464. The minimum Gasteiger partial charge on any atom is -0.355 e. The molecule has 2 aromatic carbocycles. The number of rotatable bonds is 7. The highest BCUT2D eigenvalue weighted by Crippen LogP contribution is 2.23. The monoisotopic (exact) mass is 403 g/mol. The van der Waals surface area contributed by atoms with E-state index in [4.69, 9.17) is 0 Å². The van der Waals surface area contributed by atoms with Crippen molar-refractivity contribution in [2.75, 3.05) is 13.6 Å². The molecule has 0 aliphatic rings. The van der Waals surface area contributed by atoms with Gasteiger partial charge in [0, 0.05) is 38.3 Å². The van der Waals surface area contributed by atoms with E-state index < -0.39 is 0 Å². The highest BCUT2D eigenvalue weighted by atomic mass is 15.3. The summed E-state index contributed by atoms with van der Waals surface area (Å²) in [5, 5.41) is 11.6. The van der Waals surface area contributed by atoms with Crippen molar-refractivity contribution < 1.29 is 0 Å². The number of aliphatic imine (C=N–C) groups is 1. The van der Waals surface area contributed by atoms with Gasteiger partial charge in [-0.25, -0.2) is 0 Å². The van der Waals surface area contributed by atoms with Gasteiger partial charge in [0.25, 0.3) is 0 Å². The molecule has 5 heteroatoms.